The Labute approximate surface area is 132 Å². The van der Waals surface area contributed by atoms with E-state index in [1.807, 2.05) is 0 Å². The van der Waals surface area contributed by atoms with Gasteiger partial charge < -0.3 is 10.4 Å². The number of benzene rings is 2. The molecule has 1 aliphatic heterocycles. The normalized spacial score (nSPS) is 13.2. The highest BCUT2D eigenvalue weighted by Crippen LogP contribution is 2.24. The monoisotopic (exact) mass is 310 g/mol. The third kappa shape index (κ3) is 2.44. The lowest BCUT2D eigenvalue weighted by molar-refractivity contribution is 0.0693. The number of nitrogens with zero attached hydrogens (tertiary/aromatic N) is 1. The first kappa shape index (κ1) is 14.8. The van der Waals surface area contributed by atoms with Crippen LogP contribution in [0.15, 0.2) is 36.4 Å². The van der Waals surface area contributed by atoms with E-state index in [-0.39, 0.29) is 22.8 Å². The Balaban J connectivity index is 1.90. The molecule has 2 aromatic carbocycles. The number of aromatic hydroxyl groups is 1. The number of nitrogens with one attached hydrogen (secondary N) is 1. The Morgan fingerprint density at radius 1 is 1.04 bits per heavy atom. The van der Waals surface area contributed by atoms with Gasteiger partial charge >= 0.3 is 0 Å². The van der Waals surface area contributed by atoms with Gasteiger partial charge in [-0.05, 0) is 48.9 Å². The summed E-state index contributed by atoms with van der Waals surface area (Å²) in [7, 11) is 1.41. The third-order valence-electron chi connectivity index (χ3n) is 3.81. The zero-order valence-corrected chi connectivity index (χ0v) is 12.6. The van der Waals surface area contributed by atoms with Gasteiger partial charge in [0, 0.05) is 18.3 Å². The van der Waals surface area contributed by atoms with Crippen LogP contribution in [0, 0.1) is 6.92 Å². The first-order valence-corrected chi connectivity index (χ1v) is 6.96. The van der Waals surface area contributed by atoms with Gasteiger partial charge in [-0.3, -0.25) is 19.3 Å². The molecule has 23 heavy (non-hydrogen) atoms. The summed E-state index contributed by atoms with van der Waals surface area (Å²) in [6.07, 6.45) is 0. The lowest BCUT2D eigenvalue weighted by Gasteiger charge is -2.09. The molecule has 2 aromatic rings. The Bertz CT molecular complexity index is 858. The van der Waals surface area contributed by atoms with Gasteiger partial charge in [0.2, 0.25) is 0 Å². The predicted octanol–water partition coefficient (Wildman–Crippen LogP) is 2.18. The fourth-order valence-corrected chi connectivity index (χ4v) is 2.49. The largest absolute Gasteiger partial charge is 0.508 e. The second-order valence-electron chi connectivity index (χ2n) is 5.38. The summed E-state index contributed by atoms with van der Waals surface area (Å²) in [4.78, 5) is 37.2. The predicted molar refractivity (Wildman–Crippen MR) is 83.7 cm³/mol. The van der Waals surface area contributed by atoms with Crippen LogP contribution in [0.2, 0.25) is 0 Å². The number of phenolic OH excluding ortho intramolecular Hbond substituents is 1. The second kappa shape index (κ2) is 5.24. The molecule has 1 aliphatic rings. The zero-order valence-electron chi connectivity index (χ0n) is 12.6. The van der Waals surface area contributed by atoms with Crippen molar-refractivity contribution in [2.75, 3.05) is 12.4 Å². The number of fused-ring (bicyclic) bond motifs is 1. The number of rotatable bonds is 2. The van der Waals surface area contributed by atoms with Crippen molar-refractivity contribution in [1.29, 1.82) is 0 Å². The van der Waals surface area contributed by atoms with E-state index in [1.54, 1.807) is 13.0 Å². The van der Waals surface area contributed by atoms with Crippen LogP contribution in [0.3, 0.4) is 0 Å². The van der Waals surface area contributed by atoms with Crippen molar-refractivity contribution in [2.45, 2.75) is 6.92 Å². The fraction of sp³-hybridized carbons (Fsp3) is 0.118. The minimum atomic E-state index is -0.416. The standard InChI is InChI=1S/C17H14N2O4/c1-9-7-11(20)4-6-14(9)18-15(21)10-3-5-12-13(8-10)17(23)19(2)16(12)22/h3-8,20H,1-2H3,(H,18,21). The fourth-order valence-electron chi connectivity index (χ4n) is 2.49. The summed E-state index contributed by atoms with van der Waals surface area (Å²) in [5.74, 6) is -1.06. The highest BCUT2D eigenvalue weighted by Gasteiger charge is 2.33. The van der Waals surface area contributed by atoms with E-state index in [2.05, 4.69) is 5.32 Å². The lowest BCUT2D eigenvalue weighted by Crippen LogP contribution is -2.24. The van der Waals surface area contributed by atoms with Gasteiger partial charge in [0.05, 0.1) is 11.1 Å². The summed E-state index contributed by atoms with van der Waals surface area (Å²) in [6, 6.07) is 9.02. The van der Waals surface area contributed by atoms with E-state index in [0.29, 0.717) is 16.8 Å². The molecule has 2 N–H and O–H groups in total. The molecule has 0 atom stereocenters. The Morgan fingerprint density at radius 2 is 1.74 bits per heavy atom. The number of phenols is 1. The minimum Gasteiger partial charge on any atom is -0.508 e. The molecular weight excluding hydrogens is 296 g/mol. The summed E-state index contributed by atoms with van der Waals surface area (Å²) >= 11 is 0. The molecule has 116 valence electrons. The summed E-state index contributed by atoms with van der Waals surface area (Å²) in [6.45, 7) is 1.76. The van der Waals surface area contributed by atoms with E-state index < -0.39 is 11.8 Å². The maximum atomic E-state index is 12.3. The van der Waals surface area contributed by atoms with E-state index in [4.69, 9.17) is 0 Å². The molecule has 0 saturated carbocycles. The van der Waals surface area contributed by atoms with Gasteiger partial charge in [0.25, 0.3) is 17.7 Å². The SMILES string of the molecule is Cc1cc(O)ccc1NC(=O)c1ccc2c(c1)C(=O)N(C)C2=O. The number of imide groups is 1. The molecule has 0 aliphatic carbocycles. The number of anilines is 1. The minimum absolute atomic E-state index is 0.116. The average molecular weight is 310 g/mol. The van der Waals surface area contributed by atoms with Crippen LogP contribution in [0.5, 0.6) is 5.75 Å². The highest BCUT2D eigenvalue weighted by molar-refractivity contribution is 6.22. The van der Waals surface area contributed by atoms with Crippen LogP contribution in [-0.4, -0.2) is 34.8 Å². The van der Waals surface area contributed by atoms with Crippen LogP contribution in [0.25, 0.3) is 0 Å². The molecule has 0 spiro atoms. The summed E-state index contributed by atoms with van der Waals surface area (Å²) in [5.41, 5.74) is 2.09. The first-order chi connectivity index (χ1) is 10.9. The second-order valence-corrected chi connectivity index (χ2v) is 5.38. The maximum Gasteiger partial charge on any atom is 0.261 e. The van der Waals surface area contributed by atoms with Gasteiger partial charge in [-0.15, -0.1) is 0 Å². The molecule has 0 radical (unpaired) electrons. The lowest BCUT2D eigenvalue weighted by atomic mass is 10.0. The van der Waals surface area contributed by atoms with Crippen LogP contribution >= 0.6 is 0 Å². The van der Waals surface area contributed by atoms with Gasteiger partial charge in [-0.25, -0.2) is 0 Å². The van der Waals surface area contributed by atoms with Crippen molar-refractivity contribution in [3.05, 3.63) is 58.7 Å². The van der Waals surface area contributed by atoms with Gasteiger partial charge in [0.15, 0.2) is 0 Å². The van der Waals surface area contributed by atoms with Crippen molar-refractivity contribution in [1.82, 2.24) is 4.90 Å². The van der Waals surface area contributed by atoms with Crippen LogP contribution < -0.4 is 5.32 Å². The summed E-state index contributed by atoms with van der Waals surface area (Å²) < 4.78 is 0. The molecule has 0 bridgehead atoms. The van der Waals surface area contributed by atoms with Crippen molar-refractivity contribution >= 4 is 23.4 Å². The van der Waals surface area contributed by atoms with Gasteiger partial charge in [-0.2, -0.15) is 0 Å². The number of hydrogen-bond donors (Lipinski definition) is 2. The van der Waals surface area contributed by atoms with E-state index >= 15 is 0 Å². The van der Waals surface area contributed by atoms with Crippen molar-refractivity contribution in [3.8, 4) is 5.75 Å². The molecular formula is C17H14N2O4. The van der Waals surface area contributed by atoms with E-state index in [9.17, 15) is 19.5 Å². The average Bonchev–Trinajstić information content (AvgIpc) is 2.74. The molecule has 6 nitrogen and oxygen atoms in total. The molecule has 0 unspecified atom stereocenters. The number of carbonyl (C=O) groups excluding carboxylic acids is 3. The molecule has 3 amide bonds. The molecule has 6 heteroatoms. The zero-order chi connectivity index (χ0) is 16.7. The third-order valence-corrected chi connectivity index (χ3v) is 3.81. The van der Waals surface area contributed by atoms with E-state index in [0.717, 1.165) is 4.90 Å². The molecule has 0 saturated heterocycles. The molecule has 0 fully saturated rings. The summed E-state index contributed by atoms with van der Waals surface area (Å²) in [5, 5.41) is 12.1. The smallest absolute Gasteiger partial charge is 0.261 e. The maximum absolute atomic E-state index is 12.3. The van der Waals surface area contributed by atoms with Crippen molar-refractivity contribution in [3.63, 3.8) is 0 Å². The van der Waals surface area contributed by atoms with Gasteiger partial charge in [-0.1, -0.05) is 0 Å². The molecule has 0 aromatic heterocycles. The quantitative estimate of drug-likeness (QED) is 0.657. The van der Waals surface area contributed by atoms with Crippen molar-refractivity contribution in [2.24, 2.45) is 0 Å². The topological polar surface area (TPSA) is 86.7 Å². The first-order valence-electron chi connectivity index (χ1n) is 6.96. The number of aryl methyl sites for hydroxylation is 1. The number of amides is 3. The van der Waals surface area contributed by atoms with Crippen LogP contribution in [0.1, 0.15) is 36.6 Å². The van der Waals surface area contributed by atoms with Gasteiger partial charge in [0.1, 0.15) is 5.75 Å². The molecule has 1 heterocycles. The Hall–Kier alpha value is -3.15. The highest BCUT2D eigenvalue weighted by atomic mass is 16.3. The van der Waals surface area contributed by atoms with Crippen molar-refractivity contribution < 1.29 is 19.5 Å². The van der Waals surface area contributed by atoms with E-state index in [1.165, 1.54) is 37.4 Å². The van der Waals surface area contributed by atoms with Crippen LogP contribution in [0.4, 0.5) is 5.69 Å². The molecule has 3 rings (SSSR count). The number of carbonyl (C=O) groups is 3. The number of hydrogen-bond acceptors (Lipinski definition) is 4. The van der Waals surface area contributed by atoms with Crippen LogP contribution in [-0.2, 0) is 0 Å². The Morgan fingerprint density at radius 3 is 2.43 bits per heavy atom. The Kier molecular flexibility index (Phi) is 3.37.